The molecule has 0 unspecified atom stereocenters. The van der Waals surface area contributed by atoms with Gasteiger partial charge in [-0.1, -0.05) is 19.1 Å². The van der Waals surface area contributed by atoms with Crippen LogP contribution in [0.1, 0.15) is 40.4 Å². The molecule has 0 heterocycles. The first-order valence-corrected chi connectivity index (χ1v) is 8.59. The molecular formula is C21H25NO4. The molecule has 1 N–H and O–H groups in total. The highest BCUT2D eigenvalue weighted by atomic mass is 16.5. The van der Waals surface area contributed by atoms with Crippen molar-refractivity contribution in [3.05, 3.63) is 58.7 Å². The van der Waals surface area contributed by atoms with Gasteiger partial charge in [0, 0.05) is 5.69 Å². The number of carbonyl (C=O) groups is 2. The van der Waals surface area contributed by atoms with E-state index in [-0.39, 0.29) is 5.91 Å². The quantitative estimate of drug-likeness (QED) is 0.789. The lowest BCUT2D eigenvalue weighted by Crippen LogP contribution is -2.32. The lowest BCUT2D eigenvalue weighted by Gasteiger charge is -2.19. The lowest BCUT2D eigenvalue weighted by molar-refractivity contribution is -0.122. The molecule has 0 saturated heterocycles. The Balaban J connectivity index is 2.18. The standard InChI is InChI=1S/C21H25NO4/c1-6-19(26-16-11-13(2)10-14(3)12-16)20(23)22-18-9-7-8-17(15(18)4)21(24)25-5/h7-12,19H,6H2,1-5H3,(H,22,23)/t19-/m1/s1. The SMILES string of the molecule is CC[C@@H](Oc1cc(C)cc(C)c1)C(=O)Nc1cccc(C(=O)OC)c1C. The third-order valence-electron chi connectivity index (χ3n) is 4.13. The number of aryl methyl sites for hydroxylation is 2. The van der Waals surface area contributed by atoms with E-state index in [2.05, 4.69) is 11.4 Å². The van der Waals surface area contributed by atoms with Crippen molar-refractivity contribution in [3.8, 4) is 5.75 Å². The fraction of sp³-hybridized carbons (Fsp3) is 0.333. The van der Waals surface area contributed by atoms with Crippen molar-refractivity contribution in [2.75, 3.05) is 12.4 Å². The predicted molar refractivity (Wildman–Crippen MR) is 102 cm³/mol. The molecule has 2 aromatic rings. The highest BCUT2D eigenvalue weighted by molar-refractivity contribution is 5.98. The Morgan fingerprint density at radius 1 is 1.08 bits per heavy atom. The van der Waals surface area contributed by atoms with Gasteiger partial charge in [-0.3, -0.25) is 4.79 Å². The summed E-state index contributed by atoms with van der Waals surface area (Å²) in [7, 11) is 1.33. The molecule has 2 aromatic carbocycles. The number of rotatable bonds is 6. The highest BCUT2D eigenvalue weighted by Gasteiger charge is 2.21. The number of methoxy groups -OCH3 is 1. The molecule has 0 aliphatic heterocycles. The van der Waals surface area contributed by atoms with Crippen LogP contribution in [0.5, 0.6) is 5.75 Å². The number of ether oxygens (including phenoxy) is 2. The van der Waals surface area contributed by atoms with Crippen LogP contribution in [-0.2, 0) is 9.53 Å². The molecular weight excluding hydrogens is 330 g/mol. The van der Waals surface area contributed by atoms with Crippen molar-refractivity contribution in [1.82, 2.24) is 0 Å². The molecule has 0 bridgehead atoms. The number of anilines is 1. The van der Waals surface area contributed by atoms with Crippen LogP contribution < -0.4 is 10.1 Å². The van der Waals surface area contributed by atoms with Crippen LogP contribution in [0, 0.1) is 20.8 Å². The molecule has 2 rings (SSSR count). The van der Waals surface area contributed by atoms with Crippen molar-refractivity contribution in [2.24, 2.45) is 0 Å². The molecule has 1 amide bonds. The van der Waals surface area contributed by atoms with Crippen molar-refractivity contribution >= 4 is 17.6 Å². The molecule has 5 nitrogen and oxygen atoms in total. The van der Waals surface area contributed by atoms with Crippen LogP contribution in [0.25, 0.3) is 0 Å². The first-order valence-electron chi connectivity index (χ1n) is 8.59. The summed E-state index contributed by atoms with van der Waals surface area (Å²) in [6, 6.07) is 11.0. The average molecular weight is 355 g/mol. The van der Waals surface area contributed by atoms with E-state index >= 15 is 0 Å². The fourth-order valence-electron chi connectivity index (χ4n) is 2.80. The van der Waals surface area contributed by atoms with Crippen LogP contribution in [0.3, 0.4) is 0 Å². The molecule has 0 radical (unpaired) electrons. The summed E-state index contributed by atoms with van der Waals surface area (Å²) in [6.07, 6.45) is -0.105. The fourth-order valence-corrected chi connectivity index (χ4v) is 2.80. The summed E-state index contributed by atoms with van der Waals surface area (Å²) >= 11 is 0. The summed E-state index contributed by atoms with van der Waals surface area (Å²) in [5.74, 6) is -0.0153. The Morgan fingerprint density at radius 2 is 1.73 bits per heavy atom. The third-order valence-corrected chi connectivity index (χ3v) is 4.13. The Bertz CT molecular complexity index is 793. The number of carbonyl (C=O) groups excluding carboxylic acids is 2. The van der Waals surface area contributed by atoms with Gasteiger partial charge in [-0.25, -0.2) is 4.79 Å². The summed E-state index contributed by atoms with van der Waals surface area (Å²) in [6.45, 7) is 7.64. The zero-order valence-corrected chi connectivity index (χ0v) is 15.9. The topological polar surface area (TPSA) is 64.6 Å². The molecule has 0 fully saturated rings. The molecule has 0 spiro atoms. The van der Waals surface area contributed by atoms with E-state index in [1.165, 1.54) is 7.11 Å². The van der Waals surface area contributed by atoms with Gasteiger partial charge in [-0.05, 0) is 68.1 Å². The van der Waals surface area contributed by atoms with Gasteiger partial charge in [0.15, 0.2) is 6.10 Å². The molecule has 0 aliphatic carbocycles. The average Bonchev–Trinajstić information content (AvgIpc) is 2.59. The zero-order valence-electron chi connectivity index (χ0n) is 15.9. The predicted octanol–water partition coefficient (Wildman–Crippen LogP) is 4.19. The number of esters is 1. The molecule has 5 heteroatoms. The van der Waals surface area contributed by atoms with E-state index in [9.17, 15) is 9.59 Å². The van der Waals surface area contributed by atoms with E-state index in [0.29, 0.717) is 29.0 Å². The maximum Gasteiger partial charge on any atom is 0.338 e. The molecule has 0 aliphatic rings. The monoisotopic (exact) mass is 355 g/mol. The van der Waals surface area contributed by atoms with Gasteiger partial charge in [-0.2, -0.15) is 0 Å². The molecule has 0 aromatic heterocycles. The lowest BCUT2D eigenvalue weighted by atomic mass is 10.1. The van der Waals surface area contributed by atoms with Crippen LogP contribution in [0.2, 0.25) is 0 Å². The zero-order chi connectivity index (χ0) is 19.3. The van der Waals surface area contributed by atoms with E-state index in [4.69, 9.17) is 9.47 Å². The van der Waals surface area contributed by atoms with Crippen molar-refractivity contribution in [2.45, 2.75) is 40.2 Å². The van der Waals surface area contributed by atoms with Gasteiger partial charge in [0.1, 0.15) is 5.75 Å². The Kier molecular flexibility index (Phi) is 6.39. The molecule has 1 atom stereocenters. The smallest absolute Gasteiger partial charge is 0.338 e. The van der Waals surface area contributed by atoms with Gasteiger partial charge in [0.05, 0.1) is 12.7 Å². The molecule has 0 saturated carbocycles. The van der Waals surface area contributed by atoms with E-state index < -0.39 is 12.1 Å². The second kappa shape index (κ2) is 8.52. The van der Waals surface area contributed by atoms with E-state index in [1.54, 1.807) is 25.1 Å². The Hall–Kier alpha value is -2.82. The van der Waals surface area contributed by atoms with Gasteiger partial charge >= 0.3 is 5.97 Å². The van der Waals surface area contributed by atoms with E-state index in [1.807, 2.05) is 32.9 Å². The second-order valence-electron chi connectivity index (χ2n) is 6.30. The highest BCUT2D eigenvalue weighted by Crippen LogP contribution is 2.22. The van der Waals surface area contributed by atoms with Crippen LogP contribution in [-0.4, -0.2) is 25.1 Å². The van der Waals surface area contributed by atoms with Gasteiger partial charge in [0.2, 0.25) is 0 Å². The summed E-state index contributed by atoms with van der Waals surface area (Å²) in [5, 5.41) is 2.86. The largest absolute Gasteiger partial charge is 0.481 e. The summed E-state index contributed by atoms with van der Waals surface area (Å²) in [4.78, 5) is 24.5. The minimum atomic E-state index is -0.627. The first kappa shape index (κ1) is 19.5. The van der Waals surface area contributed by atoms with Gasteiger partial charge < -0.3 is 14.8 Å². The Morgan fingerprint density at radius 3 is 2.31 bits per heavy atom. The minimum absolute atomic E-state index is 0.253. The third kappa shape index (κ3) is 4.63. The normalized spacial score (nSPS) is 11.6. The maximum atomic E-state index is 12.7. The number of hydrogen-bond donors (Lipinski definition) is 1. The summed E-state index contributed by atoms with van der Waals surface area (Å²) in [5.41, 5.74) is 3.82. The van der Waals surface area contributed by atoms with Gasteiger partial charge in [0.25, 0.3) is 5.91 Å². The minimum Gasteiger partial charge on any atom is -0.481 e. The van der Waals surface area contributed by atoms with Crippen LogP contribution in [0.15, 0.2) is 36.4 Å². The van der Waals surface area contributed by atoms with Crippen LogP contribution >= 0.6 is 0 Å². The molecule has 26 heavy (non-hydrogen) atoms. The second-order valence-corrected chi connectivity index (χ2v) is 6.30. The number of amides is 1. The number of benzene rings is 2. The number of hydrogen-bond acceptors (Lipinski definition) is 4. The maximum absolute atomic E-state index is 12.7. The number of nitrogens with one attached hydrogen (secondary N) is 1. The van der Waals surface area contributed by atoms with Crippen molar-refractivity contribution in [1.29, 1.82) is 0 Å². The first-order chi connectivity index (χ1) is 12.3. The van der Waals surface area contributed by atoms with Crippen molar-refractivity contribution < 1.29 is 19.1 Å². The van der Waals surface area contributed by atoms with Gasteiger partial charge in [-0.15, -0.1) is 0 Å². The van der Waals surface area contributed by atoms with E-state index in [0.717, 1.165) is 11.1 Å². The van der Waals surface area contributed by atoms with Crippen LogP contribution in [0.4, 0.5) is 5.69 Å². The van der Waals surface area contributed by atoms with Crippen molar-refractivity contribution in [3.63, 3.8) is 0 Å². The Labute approximate surface area is 154 Å². The summed E-state index contributed by atoms with van der Waals surface area (Å²) < 4.78 is 10.7. The molecule has 138 valence electrons.